The number of hydrogen-bond donors (Lipinski definition) is 1. The number of aromatic nitrogens is 1. The topological polar surface area (TPSA) is 74.8 Å². The molecule has 1 aromatic heterocycles. The van der Waals surface area contributed by atoms with Gasteiger partial charge in [-0.15, -0.1) is 0 Å². The van der Waals surface area contributed by atoms with Crippen molar-refractivity contribution in [2.75, 3.05) is 31.6 Å². The highest BCUT2D eigenvalue weighted by molar-refractivity contribution is 6.32. The molecule has 2 amide bonds. The molecule has 0 bridgehead atoms. The Bertz CT molecular complexity index is 1090. The van der Waals surface area contributed by atoms with Gasteiger partial charge in [-0.05, 0) is 62.9 Å². The van der Waals surface area contributed by atoms with E-state index in [1.54, 1.807) is 19.1 Å². The average molecular weight is 505 g/mol. The Hall–Kier alpha value is -2.19. The highest BCUT2D eigenvalue weighted by Crippen LogP contribution is 2.28. The van der Waals surface area contributed by atoms with Crippen molar-refractivity contribution in [2.45, 2.75) is 52.3 Å². The number of nitrogens with one attached hydrogen (secondary N) is 1. The van der Waals surface area contributed by atoms with Gasteiger partial charge in [0.1, 0.15) is 6.10 Å². The van der Waals surface area contributed by atoms with Gasteiger partial charge >= 0.3 is 0 Å². The number of hydrogen-bond acceptors (Lipinski definition) is 5. The standard InChI is InChI=1S/C25H30Cl2N4O3/c1-15-13-30(6-7-31(15)25(33)23-5-4-8-34-23)14-19-9-20(26)11-22(16(19)2)29-24(32)18-10-21(27)17(3)28-12-18/h9-12,15,23H,4-8,13-14H2,1-3H3,(H,29,32). The van der Waals surface area contributed by atoms with Gasteiger partial charge in [0, 0.05) is 55.7 Å². The van der Waals surface area contributed by atoms with Gasteiger partial charge in [-0.25, -0.2) is 0 Å². The van der Waals surface area contributed by atoms with Crippen LogP contribution in [0.2, 0.25) is 10.0 Å². The minimum Gasteiger partial charge on any atom is -0.368 e. The van der Waals surface area contributed by atoms with E-state index in [9.17, 15) is 9.59 Å². The zero-order chi connectivity index (χ0) is 24.4. The molecular weight excluding hydrogens is 475 g/mol. The maximum atomic E-state index is 12.8. The molecule has 9 heteroatoms. The minimum atomic E-state index is -0.291. The lowest BCUT2D eigenvalue weighted by molar-refractivity contribution is -0.145. The van der Waals surface area contributed by atoms with Crippen LogP contribution in [0.1, 0.15) is 46.9 Å². The van der Waals surface area contributed by atoms with E-state index in [0.717, 1.165) is 37.1 Å². The summed E-state index contributed by atoms with van der Waals surface area (Å²) in [5.74, 6) is -0.181. The number of carbonyl (C=O) groups is 2. The number of amides is 2. The summed E-state index contributed by atoms with van der Waals surface area (Å²) in [6.07, 6.45) is 2.99. The number of pyridine rings is 1. The van der Waals surface area contributed by atoms with E-state index >= 15 is 0 Å². The second kappa shape index (κ2) is 10.6. The van der Waals surface area contributed by atoms with Crippen molar-refractivity contribution in [3.8, 4) is 0 Å². The fourth-order valence-corrected chi connectivity index (χ4v) is 4.96. The molecule has 0 aliphatic carbocycles. The van der Waals surface area contributed by atoms with Crippen molar-refractivity contribution in [3.63, 3.8) is 0 Å². The molecule has 34 heavy (non-hydrogen) atoms. The molecule has 0 spiro atoms. The molecule has 0 radical (unpaired) electrons. The third kappa shape index (κ3) is 5.54. The van der Waals surface area contributed by atoms with E-state index in [0.29, 0.717) is 46.7 Å². The summed E-state index contributed by atoms with van der Waals surface area (Å²) in [6, 6.07) is 5.40. The number of ether oxygens (including phenoxy) is 1. The summed E-state index contributed by atoms with van der Waals surface area (Å²) < 4.78 is 5.59. The molecule has 7 nitrogen and oxygen atoms in total. The molecule has 0 saturated carbocycles. The van der Waals surface area contributed by atoms with Crippen LogP contribution in [0.25, 0.3) is 0 Å². The van der Waals surface area contributed by atoms with Crippen LogP contribution in [0, 0.1) is 13.8 Å². The summed E-state index contributed by atoms with van der Waals surface area (Å²) in [6.45, 7) is 9.40. The van der Waals surface area contributed by atoms with Crippen molar-refractivity contribution in [1.82, 2.24) is 14.8 Å². The predicted octanol–water partition coefficient (Wildman–Crippen LogP) is 4.47. The number of carbonyl (C=O) groups excluding carboxylic acids is 2. The predicted molar refractivity (Wildman–Crippen MR) is 134 cm³/mol. The number of benzene rings is 1. The molecule has 182 valence electrons. The summed E-state index contributed by atoms with van der Waals surface area (Å²) in [5, 5.41) is 3.95. The van der Waals surface area contributed by atoms with Crippen LogP contribution in [-0.2, 0) is 16.1 Å². The van der Waals surface area contributed by atoms with Crippen LogP contribution in [-0.4, -0.2) is 65.0 Å². The lowest BCUT2D eigenvalue weighted by Gasteiger charge is -2.41. The Balaban J connectivity index is 1.43. The van der Waals surface area contributed by atoms with E-state index in [1.807, 2.05) is 17.9 Å². The quantitative estimate of drug-likeness (QED) is 0.649. The van der Waals surface area contributed by atoms with Gasteiger partial charge in [-0.3, -0.25) is 19.5 Å². The van der Waals surface area contributed by atoms with Crippen LogP contribution in [0.3, 0.4) is 0 Å². The molecular formula is C25H30Cl2N4O3. The van der Waals surface area contributed by atoms with Crippen molar-refractivity contribution >= 4 is 40.7 Å². The van der Waals surface area contributed by atoms with Crippen molar-refractivity contribution in [2.24, 2.45) is 0 Å². The first kappa shape index (κ1) is 24.9. The van der Waals surface area contributed by atoms with Crippen LogP contribution in [0.5, 0.6) is 0 Å². The third-order valence-electron chi connectivity index (χ3n) is 6.61. The Morgan fingerprint density at radius 3 is 2.68 bits per heavy atom. The first-order valence-electron chi connectivity index (χ1n) is 11.6. The van der Waals surface area contributed by atoms with Crippen LogP contribution < -0.4 is 5.32 Å². The lowest BCUT2D eigenvalue weighted by Crippen LogP contribution is -2.55. The number of anilines is 1. The summed E-state index contributed by atoms with van der Waals surface area (Å²) in [5.41, 5.74) is 3.71. The molecule has 2 aromatic rings. The number of halogens is 2. The number of nitrogens with zero attached hydrogens (tertiary/aromatic N) is 3. The zero-order valence-electron chi connectivity index (χ0n) is 19.7. The molecule has 2 atom stereocenters. The van der Waals surface area contributed by atoms with Gasteiger partial charge < -0.3 is 15.0 Å². The molecule has 2 unspecified atom stereocenters. The van der Waals surface area contributed by atoms with Crippen molar-refractivity contribution in [1.29, 1.82) is 0 Å². The average Bonchev–Trinajstić information content (AvgIpc) is 3.33. The molecule has 3 heterocycles. The van der Waals surface area contributed by atoms with Crippen molar-refractivity contribution < 1.29 is 14.3 Å². The van der Waals surface area contributed by atoms with E-state index < -0.39 is 0 Å². The highest BCUT2D eigenvalue weighted by Gasteiger charge is 2.34. The highest BCUT2D eigenvalue weighted by atomic mass is 35.5. The maximum absolute atomic E-state index is 12.8. The molecule has 1 aromatic carbocycles. The Morgan fingerprint density at radius 2 is 2.00 bits per heavy atom. The molecule has 1 N–H and O–H groups in total. The molecule has 2 aliphatic heterocycles. The zero-order valence-corrected chi connectivity index (χ0v) is 21.2. The van der Waals surface area contributed by atoms with Gasteiger partial charge in [-0.2, -0.15) is 0 Å². The second-order valence-corrected chi connectivity index (χ2v) is 9.94. The number of rotatable bonds is 5. The monoisotopic (exact) mass is 504 g/mol. The fraction of sp³-hybridized carbons (Fsp3) is 0.480. The first-order valence-corrected chi connectivity index (χ1v) is 12.4. The molecule has 4 rings (SSSR count). The van der Waals surface area contributed by atoms with Crippen LogP contribution in [0.15, 0.2) is 24.4 Å². The third-order valence-corrected chi connectivity index (χ3v) is 7.21. The summed E-state index contributed by atoms with van der Waals surface area (Å²) >= 11 is 12.5. The van der Waals surface area contributed by atoms with Crippen molar-refractivity contribution in [3.05, 3.63) is 56.8 Å². The lowest BCUT2D eigenvalue weighted by atomic mass is 10.0. The van der Waals surface area contributed by atoms with Gasteiger partial charge in [0.25, 0.3) is 11.8 Å². The molecule has 2 fully saturated rings. The Kier molecular flexibility index (Phi) is 7.77. The Morgan fingerprint density at radius 1 is 1.21 bits per heavy atom. The number of aryl methyl sites for hydroxylation is 1. The second-order valence-electron chi connectivity index (χ2n) is 9.10. The first-order chi connectivity index (χ1) is 16.2. The largest absolute Gasteiger partial charge is 0.368 e. The van der Waals surface area contributed by atoms with E-state index in [4.69, 9.17) is 27.9 Å². The SMILES string of the molecule is Cc1ncc(C(=O)Nc2cc(Cl)cc(CN3CCN(C(=O)C4CCCO4)C(C)C3)c2C)cc1Cl. The van der Waals surface area contributed by atoms with Gasteiger partial charge in [0.2, 0.25) is 0 Å². The van der Waals surface area contributed by atoms with E-state index in [2.05, 4.69) is 22.1 Å². The normalized spacial score (nSPS) is 21.0. The van der Waals surface area contributed by atoms with Crippen LogP contribution >= 0.6 is 23.2 Å². The number of piperazine rings is 1. The maximum Gasteiger partial charge on any atom is 0.257 e. The molecule has 2 saturated heterocycles. The fourth-order valence-electron chi connectivity index (χ4n) is 4.56. The summed E-state index contributed by atoms with van der Waals surface area (Å²) in [7, 11) is 0. The van der Waals surface area contributed by atoms with Gasteiger partial charge in [-0.1, -0.05) is 23.2 Å². The molecule has 2 aliphatic rings. The smallest absolute Gasteiger partial charge is 0.257 e. The van der Waals surface area contributed by atoms with E-state index in [1.165, 1.54) is 6.20 Å². The van der Waals surface area contributed by atoms with Gasteiger partial charge in [0.05, 0.1) is 16.3 Å². The van der Waals surface area contributed by atoms with Crippen LogP contribution in [0.4, 0.5) is 5.69 Å². The van der Waals surface area contributed by atoms with E-state index in [-0.39, 0.29) is 24.0 Å². The van der Waals surface area contributed by atoms with Gasteiger partial charge in [0.15, 0.2) is 0 Å². The minimum absolute atomic E-state index is 0.0999. The Labute approximate surface area is 210 Å². The summed E-state index contributed by atoms with van der Waals surface area (Å²) in [4.78, 5) is 34.0.